The van der Waals surface area contributed by atoms with Crippen LogP contribution in [0.25, 0.3) is 5.57 Å². The molecule has 2 N–H and O–H groups in total. The third-order valence-corrected chi connectivity index (χ3v) is 4.52. The van der Waals surface area contributed by atoms with Crippen molar-refractivity contribution in [2.75, 3.05) is 18.5 Å². The maximum Gasteiger partial charge on any atom is 0.225 e. The lowest BCUT2D eigenvalue weighted by molar-refractivity contribution is 0.607. The van der Waals surface area contributed by atoms with Crippen LogP contribution in [0.4, 0.5) is 10.3 Å². The number of nitriles is 1. The van der Waals surface area contributed by atoms with Crippen molar-refractivity contribution in [1.29, 1.82) is 5.26 Å². The fourth-order valence-electron chi connectivity index (χ4n) is 3.05. The number of hydrogen-bond acceptors (Lipinski definition) is 6. The van der Waals surface area contributed by atoms with Crippen LogP contribution in [0.2, 0.25) is 0 Å². The molecule has 2 aromatic rings. The molecule has 1 unspecified atom stereocenters. The first kappa shape index (κ1) is 17.5. The van der Waals surface area contributed by atoms with Gasteiger partial charge in [0.1, 0.15) is 0 Å². The molecule has 0 saturated carbocycles. The first-order chi connectivity index (χ1) is 12.5. The fourth-order valence-corrected chi connectivity index (χ4v) is 3.05. The molecule has 0 spiro atoms. The zero-order valence-electron chi connectivity index (χ0n) is 14.6. The van der Waals surface area contributed by atoms with Crippen molar-refractivity contribution < 1.29 is 4.39 Å². The molecule has 0 amide bonds. The molecule has 132 valence electrons. The summed E-state index contributed by atoms with van der Waals surface area (Å²) in [5.74, 6) is -0.00386. The van der Waals surface area contributed by atoms with Crippen LogP contribution >= 0.6 is 0 Å². The van der Waals surface area contributed by atoms with Gasteiger partial charge in [-0.3, -0.25) is 4.99 Å². The number of nitrogens with zero attached hydrogens (tertiary/aromatic N) is 5. The number of aryl methyl sites for hydroxylation is 1. The number of halogens is 1. The van der Waals surface area contributed by atoms with Gasteiger partial charge in [-0.15, -0.1) is 0 Å². The molecule has 26 heavy (non-hydrogen) atoms. The number of rotatable bonds is 4. The van der Waals surface area contributed by atoms with Crippen molar-refractivity contribution in [2.24, 2.45) is 10.7 Å². The number of aromatic nitrogens is 2. The predicted molar refractivity (Wildman–Crippen MR) is 99.2 cm³/mol. The Labute approximate surface area is 151 Å². The third-order valence-electron chi connectivity index (χ3n) is 4.52. The first-order valence-electron chi connectivity index (χ1n) is 8.20. The van der Waals surface area contributed by atoms with Crippen LogP contribution in [0, 0.1) is 24.1 Å². The molecule has 1 aromatic heterocycles. The summed E-state index contributed by atoms with van der Waals surface area (Å²) in [5.41, 5.74) is 10.2. The zero-order chi connectivity index (χ0) is 18.7. The molecule has 0 radical (unpaired) electrons. The van der Waals surface area contributed by atoms with Crippen LogP contribution in [-0.4, -0.2) is 35.3 Å². The molecule has 3 rings (SSSR count). The molecule has 7 heteroatoms. The molecule has 2 heterocycles. The molecule has 1 aliphatic heterocycles. The van der Waals surface area contributed by atoms with Crippen LogP contribution in [0.15, 0.2) is 41.8 Å². The smallest absolute Gasteiger partial charge is 0.225 e. The van der Waals surface area contributed by atoms with Crippen LogP contribution < -0.4 is 10.6 Å². The minimum Gasteiger partial charge on any atom is -0.404 e. The average molecular weight is 350 g/mol. The summed E-state index contributed by atoms with van der Waals surface area (Å²) in [4.78, 5) is 14.6. The van der Waals surface area contributed by atoms with Crippen molar-refractivity contribution in [3.8, 4) is 6.07 Å². The van der Waals surface area contributed by atoms with Crippen molar-refractivity contribution in [2.45, 2.75) is 19.4 Å². The maximum atomic E-state index is 13.0. The quantitative estimate of drug-likeness (QED) is 0.914. The van der Waals surface area contributed by atoms with E-state index in [0.717, 1.165) is 34.8 Å². The van der Waals surface area contributed by atoms with E-state index < -0.39 is 5.82 Å². The topological polar surface area (TPSA) is 91.2 Å². The van der Waals surface area contributed by atoms with Gasteiger partial charge in [0.05, 0.1) is 36.6 Å². The number of benzene rings is 1. The van der Waals surface area contributed by atoms with Crippen molar-refractivity contribution in [3.05, 3.63) is 59.3 Å². The molecular weight excluding hydrogens is 331 g/mol. The van der Waals surface area contributed by atoms with Gasteiger partial charge in [0, 0.05) is 31.0 Å². The minimum atomic E-state index is -0.463. The van der Waals surface area contributed by atoms with E-state index in [1.807, 2.05) is 31.0 Å². The second-order valence-corrected chi connectivity index (χ2v) is 6.18. The van der Waals surface area contributed by atoms with E-state index >= 15 is 0 Å². The lowest BCUT2D eigenvalue weighted by Crippen LogP contribution is -2.34. The van der Waals surface area contributed by atoms with Crippen molar-refractivity contribution in [3.63, 3.8) is 0 Å². The Morgan fingerprint density at radius 2 is 2.12 bits per heavy atom. The van der Waals surface area contributed by atoms with E-state index in [-0.39, 0.29) is 6.04 Å². The highest BCUT2D eigenvalue weighted by molar-refractivity contribution is 6.25. The molecule has 1 aromatic carbocycles. The molecule has 0 bridgehead atoms. The molecule has 1 atom stereocenters. The Hall–Kier alpha value is -3.27. The monoisotopic (exact) mass is 350 g/mol. The standard InChI is InChI=1S/C19H19FN6/c1-12-5-13(7-21)3-4-16(12)17(8-22)18-6-15(11-23-18)26(2)19-24-9-14(20)10-25-19/h3-5,8-10,15H,6,11,22H2,1-2H3. The highest BCUT2D eigenvalue weighted by Crippen LogP contribution is 2.27. The van der Waals surface area contributed by atoms with Crippen LogP contribution in [-0.2, 0) is 0 Å². The summed E-state index contributed by atoms with van der Waals surface area (Å²) in [7, 11) is 1.87. The highest BCUT2D eigenvalue weighted by Gasteiger charge is 2.27. The number of aliphatic imine (C=N–C) groups is 1. The molecule has 0 saturated heterocycles. The van der Waals surface area contributed by atoms with Gasteiger partial charge in [0.25, 0.3) is 0 Å². The maximum absolute atomic E-state index is 13.0. The SMILES string of the molecule is Cc1cc(C#N)ccc1C(=CN)C1=NCC(N(C)c2ncc(F)cn2)C1. The van der Waals surface area contributed by atoms with E-state index in [4.69, 9.17) is 11.0 Å². The normalized spacial score (nSPS) is 16.9. The number of nitrogens with two attached hydrogens (primary N) is 1. The Morgan fingerprint density at radius 1 is 1.38 bits per heavy atom. The van der Waals surface area contributed by atoms with Gasteiger partial charge in [0.2, 0.25) is 5.95 Å². The minimum absolute atomic E-state index is 0.0732. The van der Waals surface area contributed by atoms with Crippen LogP contribution in [0.5, 0.6) is 0 Å². The summed E-state index contributed by atoms with van der Waals surface area (Å²) in [5, 5.41) is 9.03. The fraction of sp³-hybridized carbons (Fsp3) is 0.263. The third kappa shape index (κ3) is 3.40. The number of hydrogen-bond donors (Lipinski definition) is 1. The molecule has 1 aliphatic rings. The largest absolute Gasteiger partial charge is 0.404 e. The van der Waals surface area contributed by atoms with Gasteiger partial charge in [-0.25, -0.2) is 14.4 Å². The molecular formula is C19H19FN6. The first-order valence-corrected chi connectivity index (χ1v) is 8.20. The van der Waals surface area contributed by atoms with Crippen LogP contribution in [0.1, 0.15) is 23.1 Å². The molecule has 0 fully saturated rings. The predicted octanol–water partition coefficient (Wildman–Crippen LogP) is 2.45. The van der Waals surface area contributed by atoms with E-state index in [9.17, 15) is 4.39 Å². The Morgan fingerprint density at radius 3 is 2.73 bits per heavy atom. The van der Waals surface area contributed by atoms with E-state index in [2.05, 4.69) is 21.0 Å². The number of allylic oxidation sites excluding steroid dienone is 1. The number of anilines is 1. The summed E-state index contributed by atoms with van der Waals surface area (Å²) >= 11 is 0. The summed E-state index contributed by atoms with van der Waals surface area (Å²) in [6.07, 6.45) is 4.55. The Kier molecular flexibility index (Phi) is 4.94. The lowest BCUT2D eigenvalue weighted by Gasteiger charge is -2.23. The van der Waals surface area contributed by atoms with E-state index in [1.54, 1.807) is 12.3 Å². The van der Waals surface area contributed by atoms with E-state index in [0.29, 0.717) is 24.5 Å². The molecule has 0 aliphatic carbocycles. The lowest BCUT2D eigenvalue weighted by atomic mass is 9.94. The molecule has 6 nitrogen and oxygen atoms in total. The Balaban J connectivity index is 1.78. The Bertz CT molecular complexity index is 911. The van der Waals surface area contributed by atoms with Gasteiger partial charge in [-0.05, 0) is 30.2 Å². The van der Waals surface area contributed by atoms with Gasteiger partial charge >= 0.3 is 0 Å². The summed E-state index contributed by atoms with van der Waals surface area (Å²) in [6.45, 7) is 2.53. The number of likely N-dealkylation sites (N-methyl/N-ethyl adjacent to an activating group) is 1. The van der Waals surface area contributed by atoms with Gasteiger partial charge in [-0.1, -0.05) is 6.07 Å². The van der Waals surface area contributed by atoms with Gasteiger partial charge < -0.3 is 10.6 Å². The van der Waals surface area contributed by atoms with E-state index in [1.165, 1.54) is 0 Å². The summed E-state index contributed by atoms with van der Waals surface area (Å²) in [6, 6.07) is 7.72. The van der Waals surface area contributed by atoms with Gasteiger partial charge in [-0.2, -0.15) is 5.26 Å². The zero-order valence-corrected chi connectivity index (χ0v) is 14.6. The van der Waals surface area contributed by atoms with Crippen molar-refractivity contribution in [1.82, 2.24) is 9.97 Å². The second-order valence-electron chi connectivity index (χ2n) is 6.18. The van der Waals surface area contributed by atoms with Crippen LogP contribution in [0.3, 0.4) is 0 Å². The summed E-state index contributed by atoms with van der Waals surface area (Å²) < 4.78 is 13.0. The second kappa shape index (κ2) is 7.31. The average Bonchev–Trinajstić information content (AvgIpc) is 3.13. The highest BCUT2D eigenvalue weighted by atomic mass is 19.1. The van der Waals surface area contributed by atoms with Crippen molar-refractivity contribution >= 4 is 17.2 Å². The van der Waals surface area contributed by atoms with Gasteiger partial charge in [0.15, 0.2) is 5.82 Å².